The van der Waals surface area contributed by atoms with Crippen LogP contribution >= 0.6 is 0 Å². The summed E-state index contributed by atoms with van der Waals surface area (Å²) in [6.07, 6.45) is 2.39. The predicted molar refractivity (Wildman–Crippen MR) is 110 cm³/mol. The number of H-pyrrole nitrogens is 1. The van der Waals surface area contributed by atoms with Gasteiger partial charge < -0.3 is 15.2 Å². The number of hydrogen-bond donors (Lipinski definition) is 2. The van der Waals surface area contributed by atoms with Crippen LogP contribution in [0.3, 0.4) is 0 Å². The van der Waals surface area contributed by atoms with Gasteiger partial charge in [0.15, 0.2) is 0 Å². The van der Waals surface area contributed by atoms with E-state index in [0.717, 1.165) is 35.6 Å². The maximum atomic E-state index is 12.5. The molecule has 1 aromatic carbocycles. The van der Waals surface area contributed by atoms with Crippen LogP contribution in [0.15, 0.2) is 24.3 Å². The van der Waals surface area contributed by atoms with Gasteiger partial charge in [0, 0.05) is 29.8 Å². The van der Waals surface area contributed by atoms with Gasteiger partial charge in [-0.1, -0.05) is 29.8 Å². The number of nitrogens with zero attached hydrogens (tertiary/aromatic N) is 3. The van der Waals surface area contributed by atoms with Crippen molar-refractivity contribution in [1.82, 2.24) is 20.2 Å². The summed E-state index contributed by atoms with van der Waals surface area (Å²) < 4.78 is 0. The second kappa shape index (κ2) is 8.15. The summed E-state index contributed by atoms with van der Waals surface area (Å²) >= 11 is 0. The molecule has 0 spiro atoms. The van der Waals surface area contributed by atoms with Gasteiger partial charge >= 0.3 is 0 Å². The molecule has 2 N–H and O–H groups in total. The van der Waals surface area contributed by atoms with E-state index in [4.69, 9.17) is 4.98 Å². The number of imidazole rings is 1. The molecule has 1 fully saturated rings. The summed E-state index contributed by atoms with van der Waals surface area (Å²) in [5.74, 6) is 0.865. The van der Waals surface area contributed by atoms with Crippen LogP contribution in [0.2, 0.25) is 0 Å². The van der Waals surface area contributed by atoms with Gasteiger partial charge in [-0.3, -0.25) is 4.79 Å². The van der Waals surface area contributed by atoms with Gasteiger partial charge in [0.05, 0.1) is 18.3 Å². The molecule has 0 aliphatic carbocycles. The Labute approximate surface area is 167 Å². The van der Waals surface area contributed by atoms with E-state index in [1.165, 1.54) is 5.56 Å². The van der Waals surface area contributed by atoms with E-state index in [9.17, 15) is 10.1 Å². The van der Waals surface area contributed by atoms with Crippen LogP contribution in [0.4, 0.5) is 0 Å². The summed E-state index contributed by atoms with van der Waals surface area (Å²) in [7, 11) is 0. The Kier molecular flexibility index (Phi) is 5.85. The van der Waals surface area contributed by atoms with Crippen LogP contribution in [0, 0.1) is 25.2 Å². The number of carbonyl (C=O) groups is 1. The Balaban J connectivity index is 1.63. The fourth-order valence-electron chi connectivity index (χ4n) is 3.61. The lowest BCUT2D eigenvalue weighted by Gasteiger charge is -2.28. The average molecular weight is 380 g/mol. The topological polar surface area (TPSA) is 84.8 Å². The van der Waals surface area contributed by atoms with Gasteiger partial charge in [0.1, 0.15) is 11.9 Å². The number of aryl methyl sites for hydroxylation is 2. The van der Waals surface area contributed by atoms with Gasteiger partial charge in [-0.25, -0.2) is 4.98 Å². The lowest BCUT2D eigenvalue weighted by atomic mass is 9.97. The van der Waals surface area contributed by atoms with Crippen molar-refractivity contribution in [3.63, 3.8) is 0 Å². The third-order valence-electron chi connectivity index (χ3n) is 5.36. The third kappa shape index (κ3) is 4.60. The summed E-state index contributed by atoms with van der Waals surface area (Å²) in [6.45, 7) is 9.16. The molecule has 2 heterocycles. The number of aromatic amines is 1. The Hall–Kier alpha value is -2.65. The zero-order valence-electron chi connectivity index (χ0n) is 17.2. The Morgan fingerprint density at radius 3 is 2.75 bits per heavy atom. The third-order valence-corrected chi connectivity index (χ3v) is 5.36. The molecule has 2 aromatic rings. The molecule has 1 amide bonds. The van der Waals surface area contributed by atoms with E-state index in [1.807, 2.05) is 6.92 Å². The number of aromatic nitrogens is 2. The molecule has 0 unspecified atom stereocenters. The van der Waals surface area contributed by atoms with E-state index in [1.54, 1.807) is 4.90 Å². The first kappa shape index (κ1) is 20.1. The van der Waals surface area contributed by atoms with Crippen LogP contribution in [-0.2, 0) is 11.2 Å². The first-order chi connectivity index (χ1) is 13.3. The number of hydrogen-bond acceptors (Lipinski definition) is 4. The molecule has 148 valence electrons. The van der Waals surface area contributed by atoms with Crippen LogP contribution < -0.4 is 5.32 Å². The Morgan fingerprint density at radius 1 is 1.36 bits per heavy atom. The SMILES string of the molecule is Cc1ccc(-c2nc(CC(C)(C)NCC(=O)N3CCC[C@H]3C#N)c(C)[nH]2)cc1. The minimum absolute atomic E-state index is 0.00350. The lowest BCUT2D eigenvalue weighted by molar-refractivity contribution is -0.130. The van der Waals surface area contributed by atoms with Crippen molar-refractivity contribution in [3.05, 3.63) is 41.2 Å². The minimum Gasteiger partial charge on any atom is -0.342 e. The summed E-state index contributed by atoms with van der Waals surface area (Å²) in [5.41, 5.74) is 4.04. The van der Waals surface area contributed by atoms with Gasteiger partial charge in [0.2, 0.25) is 5.91 Å². The largest absolute Gasteiger partial charge is 0.342 e. The standard InChI is InChI=1S/C22H29N5O/c1-15-7-9-17(10-8-15)21-25-16(2)19(26-21)12-22(3,4)24-14-20(28)27-11-5-6-18(27)13-23/h7-10,18,24H,5-6,11-12,14H2,1-4H3,(H,25,26)/t18-/m0/s1. The molecule has 0 radical (unpaired) electrons. The van der Waals surface area contributed by atoms with Crippen molar-refractivity contribution < 1.29 is 4.79 Å². The van der Waals surface area contributed by atoms with Gasteiger partial charge in [-0.05, 0) is 40.5 Å². The molecular weight excluding hydrogens is 350 g/mol. The minimum atomic E-state index is -0.290. The smallest absolute Gasteiger partial charge is 0.237 e. The van der Waals surface area contributed by atoms with Crippen molar-refractivity contribution >= 4 is 5.91 Å². The predicted octanol–water partition coefficient (Wildman–Crippen LogP) is 3.12. The molecule has 3 rings (SSSR count). The maximum absolute atomic E-state index is 12.5. The van der Waals surface area contributed by atoms with E-state index < -0.39 is 0 Å². The molecule has 0 bridgehead atoms. The average Bonchev–Trinajstić information content (AvgIpc) is 3.27. The Bertz CT molecular complexity index is 875. The first-order valence-electron chi connectivity index (χ1n) is 9.86. The highest BCUT2D eigenvalue weighted by Crippen LogP contribution is 2.22. The molecule has 1 aromatic heterocycles. The van der Waals surface area contributed by atoms with E-state index in [-0.39, 0.29) is 24.0 Å². The summed E-state index contributed by atoms with van der Waals surface area (Å²) in [5, 5.41) is 12.5. The van der Waals surface area contributed by atoms with E-state index in [2.05, 4.69) is 61.4 Å². The van der Waals surface area contributed by atoms with Crippen LogP contribution in [0.25, 0.3) is 11.4 Å². The van der Waals surface area contributed by atoms with Gasteiger partial charge in [-0.2, -0.15) is 5.26 Å². The van der Waals surface area contributed by atoms with Crippen molar-refractivity contribution in [2.45, 2.75) is 58.5 Å². The van der Waals surface area contributed by atoms with Gasteiger partial charge in [-0.15, -0.1) is 0 Å². The summed E-state index contributed by atoms with van der Waals surface area (Å²) in [6, 6.07) is 10.3. The van der Waals surface area contributed by atoms with E-state index in [0.29, 0.717) is 13.0 Å². The van der Waals surface area contributed by atoms with Crippen LogP contribution in [0.5, 0.6) is 0 Å². The van der Waals surface area contributed by atoms with Crippen molar-refractivity contribution in [2.24, 2.45) is 0 Å². The zero-order valence-corrected chi connectivity index (χ0v) is 17.2. The van der Waals surface area contributed by atoms with Crippen molar-refractivity contribution in [1.29, 1.82) is 5.26 Å². The second-order valence-corrected chi connectivity index (χ2v) is 8.31. The number of nitrogens with one attached hydrogen (secondary N) is 2. The quantitative estimate of drug-likeness (QED) is 0.808. The molecule has 1 aliphatic heterocycles. The second-order valence-electron chi connectivity index (χ2n) is 8.31. The highest BCUT2D eigenvalue weighted by molar-refractivity contribution is 5.79. The molecule has 0 saturated carbocycles. The number of benzene rings is 1. The highest BCUT2D eigenvalue weighted by Gasteiger charge is 2.30. The first-order valence-corrected chi connectivity index (χ1v) is 9.86. The molecule has 6 heteroatoms. The van der Waals surface area contributed by atoms with Gasteiger partial charge in [0.25, 0.3) is 0 Å². The molecular formula is C22H29N5O. The molecule has 1 atom stereocenters. The number of carbonyl (C=O) groups excluding carboxylic acids is 1. The number of rotatable bonds is 6. The fourth-order valence-corrected chi connectivity index (χ4v) is 3.61. The van der Waals surface area contributed by atoms with Crippen molar-refractivity contribution in [3.8, 4) is 17.5 Å². The highest BCUT2D eigenvalue weighted by atomic mass is 16.2. The number of likely N-dealkylation sites (tertiary alicyclic amines) is 1. The normalized spacial score (nSPS) is 17.0. The van der Waals surface area contributed by atoms with Crippen molar-refractivity contribution in [2.75, 3.05) is 13.1 Å². The zero-order chi connectivity index (χ0) is 20.3. The maximum Gasteiger partial charge on any atom is 0.237 e. The number of nitriles is 1. The fraction of sp³-hybridized carbons (Fsp3) is 0.500. The lowest BCUT2D eigenvalue weighted by Crippen LogP contribution is -2.48. The Morgan fingerprint density at radius 2 is 2.07 bits per heavy atom. The molecule has 1 aliphatic rings. The van der Waals surface area contributed by atoms with Crippen LogP contribution in [0.1, 0.15) is 43.6 Å². The van der Waals surface area contributed by atoms with E-state index >= 15 is 0 Å². The number of amides is 1. The molecule has 1 saturated heterocycles. The summed E-state index contributed by atoms with van der Waals surface area (Å²) in [4.78, 5) is 22.3. The monoisotopic (exact) mass is 379 g/mol. The van der Waals surface area contributed by atoms with Crippen LogP contribution in [-0.4, -0.2) is 45.4 Å². The molecule has 6 nitrogen and oxygen atoms in total. The molecule has 28 heavy (non-hydrogen) atoms.